The molecule has 1 aromatic heterocycles. The number of nitrogens with zero attached hydrogens (tertiary/aromatic N) is 2. The summed E-state index contributed by atoms with van der Waals surface area (Å²) in [5.74, 6) is 0.692. The number of benzene rings is 2. The highest BCUT2D eigenvalue weighted by Crippen LogP contribution is 2.33. The van der Waals surface area contributed by atoms with E-state index in [-0.39, 0.29) is 12.0 Å². The van der Waals surface area contributed by atoms with Gasteiger partial charge in [0.2, 0.25) is 5.91 Å². The van der Waals surface area contributed by atoms with E-state index in [1.165, 1.54) is 16.9 Å². The van der Waals surface area contributed by atoms with Gasteiger partial charge in [-0.25, -0.2) is 4.98 Å². The lowest BCUT2D eigenvalue weighted by molar-refractivity contribution is -0.132. The van der Waals surface area contributed by atoms with E-state index in [0.29, 0.717) is 22.6 Å². The van der Waals surface area contributed by atoms with E-state index in [2.05, 4.69) is 43.1 Å². The van der Waals surface area contributed by atoms with Crippen molar-refractivity contribution in [3.05, 3.63) is 58.6 Å². The molecule has 29 heavy (non-hydrogen) atoms. The Morgan fingerprint density at radius 1 is 1.21 bits per heavy atom. The number of ether oxygens (including phenoxy) is 1. The van der Waals surface area contributed by atoms with E-state index in [9.17, 15) is 4.79 Å². The lowest BCUT2D eigenvalue weighted by atomic mass is 10.0. The average molecular weight is 429 g/mol. The number of likely N-dealkylation sites (tertiary alicyclic amines) is 1. The molecule has 1 fully saturated rings. The molecule has 3 aromatic rings. The largest absolute Gasteiger partial charge is 0.467 e. The quantitative estimate of drug-likeness (QED) is 0.524. The summed E-state index contributed by atoms with van der Waals surface area (Å²) in [6.07, 6.45) is 2.19. The molecule has 1 aliphatic heterocycles. The second-order valence-corrected chi connectivity index (χ2v) is 9.24. The van der Waals surface area contributed by atoms with Crippen LogP contribution in [-0.4, -0.2) is 35.0 Å². The Balaban J connectivity index is 1.30. The number of hydrogen-bond acceptors (Lipinski definition) is 4. The molecule has 1 saturated heterocycles. The molecule has 2 heterocycles. The Morgan fingerprint density at radius 3 is 2.59 bits per heavy atom. The number of fused-ring (bicyclic) bond motifs is 1. The maximum Gasteiger partial charge on any atom is 0.274 e. The third-order valence-corrected chi connectivity index (χ3v) is 6.63. The van der Waals surface area contributed by atoms with Crippen LogP contribution in [0.2, 0.25) is 5.02 Å². The van der Waals surface area contributed by atoms with Crippen LogP contribution in [0.3, 0.4) is 0 Å². The Hall–Kier alpha value is -2.11. The number of thiazole rings is 1. The predicted octanol–water partition coefficient (Wildman–Crippen LogP) is 5.69. The summed E-state index contributed by atoms with van der Waals surface area (Å²) in [6, 6.07) is 14.2. The second kappa shape index (κ2) is 8.72. The van der Waals surface area contributed by atoms with Crippen molar-refractivity contribution in [1.82, 2.24) is 9.88 Å². The highest BCUT2D eigenvalue weighted by Gasteiger charge is 2.25. The molecule has 4 rings (SSSR count). The van der Waals surface area contributed by atoms with Crippen LogP contribution in [0.4, 0.5) is 0 Å². The zero-order chi connectivity index (χ0) is 20.4. The maximum atomic E-state index is 12.7. The first-order chi connectivity index (χ1) is 14.0. The highest BCUT2D eigenvalue weighted by molar-refractivity contribution is 7.20. The molecule has 0 bridgehead atoms. The molecule has 152 valence electrons. The molecule has 0 radical (unpaired) electrons. The number of rotatable bonds is 5. The van der Waals surface area contributed by atoms with Gasteiger partial charge in [0.05, 0.1) is 16.1 Å². The molecule has 0 saturated carbocycles. The van der Waals surface area contributed by atoms with Crippen molar-refractivity contribution >= 4 is 39.1 Å². The Kier molecular flexibility index (Phi) is 6.07. The van der Waals surface area contributed by atoms with Crippen LogP contribution in [-0.2, 0) is 11.2 Å². The third-order valence-electron chi connectivity index (χ3n) is 5.41. The van der Waals surface area contributed by atoms with Gasteiger partial charge in [-0.2, -0.15) is 0 Å². The number of para-hydroxylation sites is 1. The van der Waals surface area contributed by atoms with Crippen LogP contribution in [0.15, 0.2) is 42.5 Å². The van der Waals surface area contributed by atoms with Crippen molar-refractivity contribution in [2.45, 2.75) is 45.1 Å². The van der Waals surface area contributed by atoms with Gasteiger partial charge in [0.25, 0.3) is 5.19 Å². The van der Waals surface area contributed by atoms with E-state index in [1.54, 1.807) is 0 Å². The number of carbonyl (C=O) groups excluding carboxylic acids is 1. The first-order valence-corrected chi connectivity index (χ1v) is 11.3. The summed E-state index contributed by atoms with van der Waals surface area (Å²) in [5, 5.41) is 1.30. The average Bonchev–Trinajstić information content (AvgIpc) is 3.13. The molecule has 0 atom stereocenters. The lowest BCUT2D eigenvalue weighted by Gasteiger charge is -2.31. The fourth-order valence-corrected chi connectivity index (χ4v) is 4.80. The summed E-state index contributed by atoms with van der Waals surface area (Å²) in [6.45, 7) is 5.79. The third kappa shape index (κ3) is 4.73. The molecular weight excluding hydrogens is 404 g/mol. The smallest absolute Gasteiger partial charge is 0.274 e. The molecule has 1 aliphatic rings. The van der Waals surface area contributed by atoms with Crippen molar-refractivity contribution in [3.63, 3.8) is 0 Å². The van der Waals surface area contributed by atoms with E-state index in [1.807, 2.05) is 23.1 Å². The topological polar surface area (TPSA) is 42.4 Å². The minimum Gasteiger partial charge on any atom is -0.467 e. The first-order valence-electron chi connectivity index (χ1n) is 10.1. The fourth-order valence-electron chi connectivity index (χ4n) is 3.62. The zero-order valence-electron chi connectivity index (χ0n) is 16.7. The van der Waals surface area contributed by atoms with Crippen molar-refractivity contribution in [2.75, 3.05) is 13.1 Å². The number of piperidine rings is 1. The van der Waals surface area contributed by atoms with Gasteiger partial charge in [-0.3, -0.25) is 4.79 Å². The SMILES string of the molecule is CC(C)c1ccc(CC(=O)N2CCC(Oc3nc4c(Cl)cccc4s3)CC2)cc1. The molecule has 6 heteroatoms. The summed E-state index contributed by atoms with van der Waals surface area (Å²) >= 11 is 7.72. The van der Waals surface area contributed by atoms with Crippen molar-refractivity contribution in [3.8, 4) is 5.19 Å². The highest BCUT2D eigenvalue weighted by atomic mass is 35.5. The number of carbonyl (C=O) groups is 1. The van der Waals surface area contributed by atoms with Gasteiger partial charge in [-0.1, -0.05) is 67.1 Å². The Bertz CT molecular complexity index is 992. The van der Waals surface area contributed by atoms with Crippen molar-refractivity contribution in [2.24, 2.45) is 0 Å². The van der Waals surface area contributed by atoms with Gasteiger partial charge in [0, 0.05) is 25.9 Å². The van der Waals surface area contributed by atoms with Gasteiger partial charge in [0.1, 0.15) is 11.6 Å². The molecule has 0 aliphatic carbocycles. The van der Waals surface area contributed by atoms with Gasteiger partial charge < -0.3 is 9.64 Å². The Labute approximate surface area is 180 Å². The molecule has 0 spiro atoms. The lowest BCUT2D eigenvalue weighted by Crippen LogP contribution is -2.42. The second-order valence-electron chi connectivity index (χ2n) is 7.84. The van der Waals surface area contributed by atoms with E-state index in [4.69, 9.17) is 16.3 Å². The standard InChI is InChI=1S/C23H25ClN2O2S/c1-15(2)17-8-6-16(7-9-17)14-21(27)26-12-10-18(11-13-26)28-23-25-22-19(24)4-3-5-20(22)29-23/h3-9,15,18H,10-14H2,1-2H3. The molecule has 1 amide bonds. The van der Waals surface area contributed by atoms with Crippen LogP contribution in [0, 0.1) is 0 Å². The number of hydrogen-bond donors (Lipinski definition) is 0. The summed E-state index contributed by atoms with van der Waals surface area (Å²) in [5.41, 5.74) is 3.17. The zero-order valence-corrected chi connectivity index (χ0v) is 18.3. The molecular formula is C23H25ClN2O2S. The number of halogens is 1. The maximum absolute atomic E-state index is 12.7. The number of aromatic nitrogens is 1. The van der Waals surface area contributed by atoms with Gasteiger partial charge >= 0.3 is 0 Å². The van der Waals surface area contributed by atoms with Crippen LogP contribution in [0.5, 0.6) is 5.19 Å². The number of amides is 1. The Morgan fingerprint density at radius 2 is 1.93 bits per heavy atom. The molecule has 4 nitrogen and oxygen atoms in total. The first kappa shape index (κ1) is 20.2. The van der Waals surface area contributed by atoms with Crippen LogP contribution in [0.25, 0.3) is 10.2 Å². The minimum atomic E-state index is 0.0868. The summed E-state index contributed by atoms with van der Waals surface area (Å²) in [4.78, 5) is 19.1. The summed E-state index contributed by atoms with van der Waals surface area (Å²) in [7, 11) is 0. The molecule has 0 N–H and O–H groups in total. The van der Waals surface area contributed by atoms with Crippen molar-refractivity contribution in [1.29, 1.82) is 0 Å². The van der Waals surface area contributed by atoms with Gasteiger partial charge in [-0.15, -0.1) is 0 Å². The van der Waals surface area contributed by atoms with Crippen LogP contribution < -0.4 is 4.74 Å². The predicted molar refractivity (Wildman–Crippen MR) is 119 cm³/mol. The van der Waals surface area contributed by atoms with E-state index >= 15 is 0 Å². The van der Waals surface area contributed by atoms with E-state index < -0.39 is 0 Å². The minimum absolute atomic E-state index is 0.0868. The fraction of sp³-hybridized carbons (Fsp3) is 0.391. The summed E-state index contributed by atoms with van der Waals surface area (Å²) < 4.78 is 7.12. The monoisotopic (exact) mass is 428 g/mol. The molecule has 0 unspecified atom stereocenters. The van der Waals surface area contributed by atoms with Crippen molar-refractivity contribution < 1.29 is 9.53 Å². The van der Waals surface area contributed by atoms with Crippen LogP contribution >= 0.6 is 22.9 Å². The normalized spacial score (nSPS) is 15.2. The van der Waals surface area contributed by atoms with Gasteiger partial charge in [-0.05, 0) is 29.2 Å². The van der Waals surface area contributed by atoms with Gasteiger partial charge in [0.15, 0.2) is 0 Å². The van der Waals surface area contributed by atoms with Crippen LogP contribution in [0.1, 0.15) is 43.7 Å². The molecule has 2 aromatic carbocycles. The van der Waals surface area contributed by atoms with E-state index in [0.717, 1.165) is 41.7 Å².